The third kappa shape index (κ3) is 2.80. The Morgan fingerprint density at radius 3 is 2.86 bits per heavy atom. The summed E-state index contributed by atoms with van der Waals surface area (Å²) in [6.45, 7) is 4.46. The number of fused-ring (bicyclic) bond motifs is 4. The molecule has 21 heavy (non-hydrogen) atoms. The highest BCUT2D eigenvalue weighted by atomic mass is 32.1. The lowest BCUT2D eigenvalue weighted by Gasteiger charge is -2.35. The van der Waals surface area contributed by atoms with Crippen LogP contribution in [0.3, 0.4) is 0 Å². The van der Waals surface area contributed by atoms with Gasteiger partial charge in [0.1, 0.15) is 0 Å². The molecule has 0 spiro atoms. The molecule has 3 aliphatic rings. The van der Waals surface area contributed by atoms with Crippen molar-refractivity contribution in [3.63, 3.8) is 0 Å². The standard InChI is InChI=1S/C16H20N4S/c1-5-17-16(18-6-1)20-9-13-2-3-15(11-20)19(8-13)10-14-4-7-21-12-14/h1,4-7,12-13,15H,2-3,8-11H2/t13-,15-/m1/s1. The molecule has 2 atom stereocenters. The van der Waals surface area contributed by atoms with Crippen LogP contribution in [0.15, 0.2) is 35.3 Å². The third-order valence-electron chi connectivity index (χ3n) is 4.63. The zero-order chi connectivity index (χ0) is 14.1. The Morgan fingerprint density at radius 1 is 1.14 bits per heavy atom. The molecular weight excluding hydrogens is 280 g/mol. The summed E-state index contributed by atoms with van der Waals surface area (Å²) in [5, 5.41) is 4.45. The summed E-state index contributed by atoms with van der Waals surface area (Å²) in [5.41, 5.74) is 1.45. The normalized spacial score (nSPS) is 26.0. The Balaban J connectivity index is 1.52. The molecule has 0 N–H and O–H groups in total. The van der Waals surface area contributed by atoms with Crippen LogP contribution in [0.1, 0.15) is 18.4 Å². The van der Waals surface area contributed by atoms with Gasteiger partial charge in [-0.05, 0) is 47.2 Å². The molecular formula is C16H20N4S. The van der Waals surface area contributed by atoms with E-state index in [0.29, 0.717) is 6.04 Å². The van der Waals surface area contributed by atoms with Crippen molar-refractivity contribution < 1.29 is 0 Å². The fourth-order valence-corrected chi connectivity index (χ4v) is 4.27. The van der Waals surface area contributed by atoms with Crippen molar-refractivity contribution in [2.45, 2.75) is 25.4 Å². The van der Waals surface area contributed by atoms with E-state index in [1.807, 2.05) is 18.5 Å². The van der Waals surface area contributed by atoms with Crippen molar-refractivity contribution in [3.8, 4) is 0 Å². The first-order valence-corrected chi connectivity index (χ1v) is 8.60. The van der Waals surface area contributed by atoms with Gasteiger partial charge in [-0.3, -0.25) is 4.90 Å². The highest BCUT2D eigenvalue weighted by molar-refractivity contribution is 7.07. The number of nitrogens with zero attached hydrogens (tertiary/aromatic N) is 4. The van der Waals surface area contributed by atoms with E-state index >= 15 is 0 Å². The van der Waals surface area contributed by atoms with Crippen LogP contribution in [-0.4, -0.2) is 40.5 Å². The van der Waals surface area contributed by atoms with Gasteiger partial charge in [-0.25, -0.2) is 9.97 Å². The Morgan fingerprint density at radius 2 is 2.05 bits per heavy atom. The number of thiophene rings is 1. The van der Waals surface area contributed by atoms with Crippen LogP contribution in [0.4, 0.5) is 5.95 Å². The predicted octanol–water partition coefficient (Wildman–Crippen LogP) is 2.64. The highest BCUT2D eigenvalue weighted by Gasteiger charge is 2.35. The SMILES string of the molecule is c1cnc(N2C[C@@H]3CC[C@H](C2)N(Cc2ccsc2)C3)nc1. The molecule has 0 aliphatic carbocycles. The van der Waals surface area contributed by atoms with Gasteiger partial charge in [-0.15, -0.1) is 0 Å². The molecule has 0 unspecified atom stereocenters. The number of anilines is 1. The molecule has 2 aromatic rings. The molecule has 5 heteroatoms. The van der Waals surface area contributed by atoms with E-state index in [0.717, 1.165) is 31.5 Å². The highest BCUT2D eigenvalue weighted by Crippen LogP contribution is 2.30. The van der Waals surface area contributed by atoms with Crippen LogP contribution in [0.5, 0.6) is 0 Å². The lowest BCUT2D eigenvalue weighted by molar-refractivity contribution is 0.126. The quantitative estimate of drug-likeness (QED) is 0.872. The Labute approximate surface area is 129 Å². The molecule has 2 aromatic heterocycles. The zero-order valence-corrected chi connectivity index (χ0v) is 12.9. The average Bonchev–Trinajstić information content (AvgIpc) is 2.86. The molecule has 5 heterocycles. The maximum atomic E-state index is 4.44. The molecule has 4 nitrogen and oxygen atoms in total. The van der Waals surface area contributed by atoms with Crippen molar-refractivity contribution in [1.29, 1.82) is 0 Å². The van der Waals surface area contributed by atoms with Gasteiger partial charge in [0.15, 0.2) is 0 Å². The van der Waals surface area contributed by atoms with Crippen molar-refractivity contribution in [2.24, 2.45) is 5.92 Å². The van der Waals surface area contributed by atoms with Gasteiger partial charge in [0.25, 0.3) is 0 Å². The maximum Gasteiger partial charge on any atom is 0.225 e. The van der Waals surface area contributed by atoms with Crippen molar-refractivity contribution in [1.82, 2.24) is 14.9 Å². The van der Waals surface area contributed by atoms with Crippen LogP contribution in [0.25, 0.3) is 0 Å². The van der Waals surface area contributed by atoms with Crippen molar-refractivity contribution >= 4 is 17.3 Å². The third-order valence-corrected chi connectivity index (χ3v) is 5.36. The Hall–Kier alpha value is -1.46. The van der Waals surface area contributed by atoms with Gasteiger partial charge in [-0.2, -0.15) is 11.3 Å². The summed E-state index contributed by atoms with van der Waals surface area (Å²) in [7, 11) is 0. The smallest absolute Gasteiger partial charge is 0.225 e. The van der Waals surface area contributed by atoms with Crippen LogP contribution in [0, 0.1) is 5.92 Å². The van der Waals surface area contributed by atoms with Crippen LogP contribution >= 0.6 is 11.3 Å². The minimum atomic E-state index is 0.632. The fraction of sp³-hybridized carbons (Fsp3) is 0.500. The maximum absolute atomic E-state index is 4.44. The molecule has 0 saturated carbocycles. The Kier molecular flexibility index (Phi) is 3.61. The number of hydrogen-bond donors (Lipinski definition) is 0. The summed E-state index contributed by atoms with van der Waals surface area (Å²) in [6.07, 6.45) is 6.34. The first-order chi connectivity index (χ1) is 10.4. The zero-order valence-electron chi connectivity index (χ0n) is 12.1. The Bertz CT molecular complexity index is 571. The van der Waals surface area contributed by atoms with Crippen LogP contribution in [-0.2, 0) is 6.54 Å². The first kappa shape index (κ1) is 13.2. The summed E-state index contributed by atoms with van der Waals surface area (Å²) in [5.74, 6) is 1.64. The summed E-state index contributed by atoms with van der Waals surface area (Å²) in [6, 6.07) is 4.77. The monoisotopic (exact) mass is 300 g/mol. The van der Waals surface area contributed by atoms with E-state index in [9.17, 15) is 0 Å². The van der Waals surface area contributed by atoms with E-state index < -0.39 is 0 Å². The first-order valence-electron chi connectivity index (χ1n) is 7.65. The molecule has 110 valence electrons. The topological polar surface area (TPSA) is 32.3 Å². The second kappa shape index (κ2) is 5.73. The minimum Gasteiger partial charge on any atom is -0.339 e. The molecule has 3 fully saturated rings. The van der Waals surface area contributed by atoms with Gasteiger partial charge in [0.05, 0.1) is 0 Å². The molecule has 3 aliphatic heterocycles. The summed E-state index contributed by atoms with van der Waals surface area (Å²) in [4.78, 5) is 13.9. The van der Waals surface area contributed by atoms with Gasteiger partial charge in [-0.1, -0.05) is 0 Å². The molecule has 0 aromatic carbocycles. The van der Waals surface area contributed by atoms with E-state index in [1.54, 1.807) is 11.3 Å². The molecule has 3 saturated heterocycles. The molecule has 0 radical (unpaired) electrons. The minimum absolute atomic E-state index is 0.632. The lowest BCUT2D eigenvalue weighted by atomic mass is 9.95. The van der Waals surface area contributed by atoms with Crippen LogP contribution < -0.4 is 4.90 Å². The second-order valence-corrected chi connectivity index (χ2v) is 6.89. The van der Waals surface area contributed by atoms with Crippen molar-refractivity contribution in [3.05, 3.63) is 40.8 Å². The lowest BCUT2D eigenvalue weighted by Crippen LogP contribution is -2.43. The molecule has 5 rings (SSSR count). The van der Waals surface area contributed by atoms with E-state index in [-0.39, 0.29) is 0 Å². The number of rotatable bonds is 3. The number of piperidine rings is 1. The number of aromatic nitrogens is 2. The van der Waals surface area contributed by atoms with E-state index in [2.05, 4.69) is 36.6 Å². The molecule has 0 amide bonds. The van der Waals surface area contributed by atoms with Crippen LogP contribution in [0.2, 0.25) is 0 Å². The summed E-state index contributed by atoms with van der Waals surface area (Å²) < 4.78 is 0. The van der Waals surface area contributed by atoms with E-state index in [1.165, 1.54) is 24.9 Å². The number of hydrogen-bond acceptors (Lipinski definition) is 5. The fourth-order valence-electron chi connectivity index (χ4n) is 3.61. The predicted molar refractivity (Wildman–Crippen MR) is 85.5 cm³/mol. The van der Waals surface area contributed by atoms with Crippen molar-refractivity contribution in [2.75, 3.05) is 24.5 Å². The van der Waals surface area contributed by atoms with E-state index in [4.69, 9.17) is 0 Å². The average molecular weight is 300 g/mol. The summed E-state index contributed by atoms with van der Waals surface area (Å²) >= 11 is 1.79. The van der Waals surface area contributed by atoms with Gasteiger partial charge >= 0.3 is 0 Å². The van der Waals surface area contributed by atoms with Gasteiger partial charge < -0.3 is 4.90 Å². The molecule has 2 bridgehead atoms. The van der Waals surface area contributed by atoms with Gasteiger partial charge in [0.2, 0.25) is 5.95 Å². The largest absolute Gasteiger partial charge is 0.339 e. The second-order valence-electron chi connectivity index (χ2n) is 6.11. The van der Waals surface area contributed by atoms with Gasteiger partial charge in [0, 0.05) is 44.6 Å².